The van der Waals surface area contributed by atoms with Crippen LogP contribution in [0.5, 0.6) is 5.75 Å². The Bertz CT molecular complexity index is 667. The SMILES string of the molecule is Nc1cccc(F)c1CN1CCOc2ccccc2C1=O. The van der Waals surface area contributed by atoms with E-state index in [0.29, 0.717) is 35.7 Å². The van der Waals surface area contributed by atoms with Crippen molar-refractivity contribution >= 4 is 11.6 Å². The van der Waals surface area contributed by atoms with Crippen LogP contribution in [0.1, 0.15) is 15.9 Å². The van der Waals surface area contributed by atoms with Gasteiger partial charge < -0.3 is 15.4 Å². The van der Waals surface area contributed by atoms with Gasteiger partial charge >= 0.3 is 0 Å². The molecule has 2 aromatic rings. The van der Waals surface area contributed by atoms with Gasteiger partial charge in [-0.1, -0.05) is 18.2 Å². The number of carbonyl (C=O) groups is 1. The van der Waals surface area contributed by atoms with Gasteiger partial charge in [-0.2, -0.15) is 0 Å². The number of hydrogen-bond donors (Lipinski definition) is 1. The molecule has 0 fully saturated rings. The fourth-order valence-corrected chi connectivity index (χ4v) is 2.39. The van der Waals surface area contributed by atoms with Crippen molar-refractivity contribution in [2.75, 3.05) is 18.9 Å². The topological polar surface area (TPSA) is 55.6 Å². The fraction of sp³-hybridized carbons (Fsp3) is 0.188. The van der Waals surface area contributed by atoms with Gasteiger partial charge in [0.1, 0.15) is 18.2 Å². The van der Waals surface area contributed by atoms with Crippen molar-refractivity contribution in [2.24, 2.45) is 0 Å². The monoisotopic (exact) mass is 286 g/mol. The normalized spacial score (nSPS) is 14.3. The highest BCUT2D eigenvalue weighted by Gasteiger charge is 2.24. The first kappa shape index (κ1) is 13.4. The van der Waals surface area contributed by atoms with E-state index in [1.807, 2.05) is 6.07 Å². The summed E-state index contributed by atoms with van der Waals surface area (Å²) in [6.07, 6.45) is 0. The van der Waals surface area contributed by atoms with E-state index in [0.717, 1.165) is 0 Å². The number of nitrogens with zero attached hydrogens (tertiary/aromatic N) is 1. The maximum absolute atomic E-state index is 13.9. The van der Waals surface area contributed by atoms with E-state index in [-0.39, 0.29) is 12.5 Å². The third-order valence-corrected chi connectivity index (χ3v) is 3.53. The lowest BCUT2D eigenvalue weighted by Gasteiger charge is -2.21. The van der Waals surface area contributed by atoms with Gasteiger partial charge in [0.2, 0.25) is 0 Å². The minimum atomic E-state index is -0.402. The summed E-state index contributed by atoms with van der Waals surface area (Å²) in [6, 6.07) is 11.6. The third-order valence-electron chi connectivity index (χ3n) is 3.53. The van der Waals surface area contributed by atoms with Crippen LogP contribution in [0.15, 0.2) is 42.5 Å². The number of nitrogens with two attached hydrogens (primary N) is 1. The van der Waals surface area contributed by atoms with Crippen LogP contribution in [0.4, 0.5) is 10.1 Å². The Morgan fingerprint density at radius 1 is 1.19 bits per heavy atom. The average Bonchev–Trinajstić information content (AvgIpc) is 2.63. The van der Waals surface area contributed by atoms with Crippen molar-refractivity contribution in [1.82, 2.24) is 4.90 Å². The summed E-state index contributed by atoms with van der Waals surface area (Å²) in [6.45, 7) is 0.896. The second-order valence-corrected chi connectivity index (χ2v) is 4.88. The predicted molar refractivity (Wildman–Crippen MR) is 77.5 cm³/mol. The Morgan fingerprint density at radius 3 is 2.81 bits per heavy atom. The molecule has 4 nitrogen and oxygen atoms in total. The molecule has 1 aliphatic heterocycles. The first-order chi connectivity index (χ1) is 10.2. The van der Waals surface area contributed by atoms with Gasteiger partial charge in [0.05, 0.1) is 18.7 Å². The zero-order valence-corrected chi connectivity index (χ0v) is 11.4. The van der Waals surface area contributed by atoms with Gasteiger partial charge in [-0.25, -0.2) is 4.39 Å². The maximum Gasteiger partial charge on any atom is 0.258 e. The largest absolute Gasteiger partial charge is 0.491 e. The minimum Gasteiger partial charge on any atom is -0.491 e. The van der Waals surface area contributed by atoms with Crippen LogP contribution >= 0.6 is 0 Å². The molecular weight excluding hydrogens is 271 g/mol. The van der Waals surface area contributed by atoms with Crippen LogP contribution < -0.4 is 10.5 Å². The number of para-hydroxylation sites is 1. The van der Waals surface area contributed by atoms with Crippen LogP contribution in [-0.2, 0) is 6.54 Å². The number of halogens is 1. The molecule has 2 aromatic carbocycles. The lowest BCUT2D eigenvalue weighted by molar-refractivity contribution is 0.0742. The number of ether oxygens (including phenoxy) is 1. The number of anilines is 1. The highest BCUT2D eigenvalue weighted by molar-refractivity contribution is 5.97. The number of hydrogen-bond acceptors (Lipinski definition) is 3. The van der Waals surface area contributed by atoms with E-state index in [4.69, 9.17) is 10.5 Å². The average molecular weight is 286 g/mol. The molecule has 0 atom stereocenters. The molecule has 0 bridgehead atoms. The number of carbonyl (C=O) groups excluding carboxylic acids is 1. The number of amides is 1. The van der Waals surface area contributed by atoms with Crippen molar-refractivity contribution in [2.45, 2.75) is 6.54 Å². The molecule has 0 saturated carbocycles. The van der Waals surface area contributed by atoms with E-state index in [1.54, 1.807) is 35.2 Å². The van der Waals surface area contributed by atoms with Crippen LogP contribution in [-0.4, -0.2) is 24.0 Å². The van der Waals surface area contributed by atoms with Crippen LogP contribution in [0.25, 0.3) is 0 Å². The minimum absolute atomic E-state index is 0.134. The third kappa shape index (κ3) is 2.54. The summed E-state index contributed by atoms with van der Waals surface area (Å²) in [7, 11) is 0. The molecule has 2 N–H and O–H groups in total. The molecule has 5 heteroatoms. The summed E-state index contributed by atoms with van der Waals surface area (Å²) >= 11 is 0. The van der Waals surface area contributed by atoms with E-state index < -0.39 is 5.82 Å². The van der Waals surface area contributed by atoms with Gasteiger partial charge in [0.25, 0.3) is 5.91 Å². The summed E-state index contributed by atoms with van der Waals surface area (Å²) in [5, 5.41) is 0. The molecule has 0 aromatic heterocycles. The molecular formula is C16H15FN2O2. The van der Waals surface area contributed by atoms with Crippen LogP contribution in [0, 0.1) is 5.82 Å². The molecule has 0 radical (unpaired) electrons. The van der Waals surface area contributed by atoms with Gasteiger partial charge in [-0.05, 0) is 24.3 Å². The lowest BCUT2D eigenvalue weighted by Crippen LogP contribution is -2.32. The Labute approximate surface area is 121 Å². The lowest BCUT2D eigenvalue weighted by atomic mass is 10.1. The Balaban J connectivity index is 1.92. The van der Waals surface area contributed by atoms with Crippen molar-refractivity contribution in [3.05, 3.63) is 59.4 Å². The predicted octanol–water partition coefficient (Wildman–Crippen LogP) is 2.44. The van der Waals surface area contributed by atoms with Crippen molar-refractivity contribution < 1.29 is 13.9 Å². The van der Waals surface area contributed by atoms with Gasteiger partial charge in [-0.3, -0.25) is 4.79 Å². The summed E-state index contributed by atoms with van der Waals surface area (Å²) < 4.78 is 19.4. The Morgan fingerprint density at radius 2 is 2.00 bits per heavy atom. The molecule has 108 valence electrons. The second-order valence-electron chi connectivity index (χ2n) is 4.88. The fourth-order valence-electron chi connectivity index (χ4n) is 2.39. The van der Waals surface area contributed by atoms with Crippen molar-refractivity contribution in [3.8, 4) is 5.75 Å². The Hall–Kier alpha value is -2.56. The van der Waals surface area contributed by atoms with Crippen molar-refractivity contribution in [1.29, 1.82) is 0 Å². The summed E-state index contributed by atoms with van der Waals surface area (Å²) in [4.78, 5) is 14.1. The zero-order chi connectivity index (χ0) is 14.8. The van der Waals surface area contributed by atoms with Gasteiger partial charge in [-0.15, -0.1) is 0 Å². The molecule has 1 heterocycles. The number of benzene rings is 2. The zero-order valence-electron chi connectivity index (χ0n) is 11.4. The molecule has 0 unspecified atom stereocenters. The quantitative estimate of drug-likeness (QED) is 0.863. The number of rotatable bonds is 2. The highest BCUT2D eigenvalue weighted by atomic mass is 19.1. The van der Waals surface area contributed by atoms with E-state index in [2.05, 4.69) is 0 Å². The van der Waals surface area contributed by atoms with E-state index in [1.165, 1.54) is 6.07 Å². The molecule has 0 saturated heterocycles. The first-order valence-electron chi connectivity index (χ1n) is 6.71. The van der Waals surface area contributed by atoms with Crippen LogP contribution in [0.3, 0.4) is 0 Å². The van der Waals surface area contributed by atoms with Gasteiger partial charge in [0.15, 0.2) is 0 Å². The number of fused-ring (bicyclic) bond motifs is 1. The molecule has 1 aliphatic rings. The second kappa shape index (κ2) is 5.44. The molecule has 3 rings (SSSR count). The first-order valence-corrected chi connectivity index (χ1v) is 6.71. The summed E-state index contributed by atoms with van der Waals surface area (Å²) in [5.41, 5.74) is 6.99. The summed E-state index contributed by atoms with van der Waals surface area (Å²) in [5.74, 6) is -0.0153. The molecule has 0 aliphatic carbocycles. The van der Waals surface area contributed by atoms with Crippen molar-refractivity contribution in [3.63, 3.8) is 0 Å². The van der Waals surface area contributed by atoms with Crippen LogP contribution in [0.2, 0.25) is 0 Å². The smallest absolute Gasteiger partial charge is 0.258 e. The highest BCUT2D eigenvalue weighted by Crippen LogP contribution is 2.25. The molecule has 21 heavy (non-hydrogen) atoms. The van der Waals surface area contributed by atoms with E-state index in [9.17, 15) is 9.18 Å². The molecule has 0 spiro atoms. The standard InChI is InChI=1S/C16H15FN2O2/c17-13-5-3-6-14(18)12(13)10-19-8-9-21-15-7-2-1-4-11(15)16(19)20/h1-7H,8-10,18H2. The maximum atomic E-state index is 13.9. The van der Waals surface area contributed by atoms with Gasteiger partial charge in [0, 0.05) is 11.3 Å². The number of nitrogen functional groups attached to an aromatic ring is 1. The molecule has 1 amide bonds. The van der Waals surface area contributed by atoms with E-state index >= 15 is 0 Å². The Kier molecular flexibility index (Phi) is 3.48.